The molecule has 1 nitrogen and oxygen atoms in total. The Bertz CT molecular complexity index is 978. The van der Waals surface area contributed by atoms with Crippen LogP contribution in [0.2, 0.25) is 0 Å². The number of halogens is 1. The van der Waals surface area contributed by atoms with Crippen molar-refractivity contribution < 1.29 is 9.13 Å². The first-order valence-electron chi connectivity index (χ1n) is 12.2. The van der Waals surface area contributed by atoms with Crippen LogP contribution in [-0.2, 0) is 0 Å². The van der Waals surface area contributed by atoms with Gasteiger partial charge in [-0.3, -0.25) is 0 Å². The van der Waals surface area contributed by atoms with Crippen molar-refractivity contribution in [2.45, 2.75) is 64.2 Å². The van der Waals surface area contributed by atoms with Crippen molar-refractivity contribution in [3.8, 4) is 17.6 Å². The van der Waals surface area contributed by atoms with E-state index in [1.54, 1.807) is 12.1 Å². The molecule has 2 aliphatic rings. The summed E-state index contributed by atoms with van der Waals surface area (Å²) in [5.41, 5.74) is 2.77. The number of fused-ring (bicyclic) bond motifs is 1. The van der Waals surface area contributed by atoms with E-state index in [0.717, 1.165) is 23.3 Å². The summed E-state index contributed by atoms with van der Waals surface area (Å²) in [5, 5.41) is 0. The molecule has 2 saturated carbocycles. The van der Waals surface area contributed by atoms with Gasteiger partial charge in [-0.15, -0.1) is 0 Å². The molecule has 2 aromatic carbocycles. The van der Waals surface area contributed by atoms with E-state index in [1.165, 1.54) is 70.1 Å². The van der Waals surface area contributed by atoms with Gasteiger partial charge in [-0.25, -0.2) is 4.39 Å². The number of rotatable bonds is 5. The predicted molar refractivity (Wildman–Crippen MR) is 130 cm³/mol. The summed E-state index contributed by atoms with van der Waals surface area (Å²) in [6.45, 7) is 2.12. The van der Waals surface area contributed by atoms with Crippen LogP contribution in [0.3, 0.4) is 0 Å². The molecule has 0 spiro atoms. The van der Waals surface area contributed by atoms with E-state index < -0.39 is 0 Å². The Labute approximate surface area is 193 Å². The van der Waals surface area contributed by atoms with Gasteiger partial charge in [0, 0.05) is 11.6 Å². The number of benzene rings is 2. The molecule has 0 N–H and O–H groups in total. The molecule has 0 aliphatic heterocycles. The Balaban J connectivity index is 1.34. The summed E-state index contributed by atoms with van der Waals surface area (Å²) < 4.78 is 19.1. The van der Waals surface area contributed by atoms with Gasteiger partial charge in [-0.2, -0.15) is 0 Å². The van der Waals surface area contributed by atoms with Crippen LogP contribution in [0.25, 0.3) is 0 Å². The first-order chi connectivity index (χ1) is 15.7. The first kappa shape index (κ1) is 22.7. The van der Waals surface area contributed by atoms with Crippen LogP contribution in [0.4, 0.5) is 4.39 Å². The second kappa shape index (κ2) is 10.9. The highest BCUT2D eigenvalue weighted by molar-refractivity contribution is 5.45. The van der Waals surface area contributed by atoms with Crippen LogP contribution in [0.15, 0.2) is 54.6 Å². The van der Waals surface area contributed by atoms with Crippen LogP contribution in [0.1, 0.15) is 80.9 Å². The number of methoxy groups -OCH3 is 1. The zero-order valence-corrected chi connectivity index (χ0v) is 19.4. The van der Waals surface area contributed by atoms with Gasteiger partial charge >= 0.3 is 0 Å². The van der Waals surface area contributed by atoms with Crippen LogP contribution >= 0.6 is 0 Å². The molecule has 2 aromatic rings. The Morgan fingerprint density at radius 1 is 0.969 bits per heavy atom. The smallest absolute Gasteiger partial charge is 0.142 e. The Morgan fingerprint density at radius 2 is 1.75 bits per heavy atom. The van der Waals surface area contributed by atoms with Gasteiger partial charge in [0.2, 0.25) is 0 Å². The molecule has 0 bridgehead atoms. The third kappa shape index (κ3) is 5.63. The zero-order valence-electron chi connectivity index (χ0n) is 19.4. The molecule has 2 aliphatic carbocycles. The highest BCUT2D eigenvalue weighted by atomic mass is 19.1. The second-order valence-electron chi connectivity index (χ2n) is 9.57. The van der Waals surface area contributed by atoms with E-state index >= 15 is 0 Å². The fraction of sp³-hybridized carbons (Fsp3) is 0.467. The average molecular weight is 431 g/mol. The van der Waals surface area contributed by atoms with Crippen molar-refractivity contribution in [1.82, 2.24) is 0 Å². The van der Waals surface area contributed by atoms with Crippen molar-refractivity contribution >= 4 is 0 Å². The van der Waals surface area contributed by atoms with Crippen LogP contribution in [0, 0.1) is 35.4 Å². The average Bonchev–Trinajstić information content (AvgIpc) is 2.83. The summed E-state index contributed by atoms with van der Waals surface area (Å²) in [5.74, 6) is 9.69. The number of allylic oxidation sites excluding steroid dienone is 2. The van der Waals surface area contributed by atoms with Crippen molar-refractivity contribution in [1.29, 1.82) is 0 Å². The summed E-state index contributed by atoms with van der Waals surface area (Å²) in [6.07, 6.45) is 15.5. The first-order valence-corrected chi connectivity index (χ1v) is 12.2. The molecule has 2 fully saturated rings. The van der Waals surface area contributed by atoms with Crippen molar-refractivity contribution in [2.75, 3.05) is 7.11 Å². The van der Waals surface area contributed by atoms with Gasteiger partial charge in [-0.05, 0) is 105 Å². The molecule has 0 heterocycles. The molecule has 4 rings (SSSR count). The SMILES string of the molecule is C/C=C/CCC1CCC2CC(c3ccc(C#Cc4ccc(OC)cc4F)cc3)CCC2C1. The van der Waals surface area contributed by atoms with Gasteiger partial charge < -0.3 is 4.74 Å². The number of hydrogen-bond acceptors (Lipinski definition) is 1. The molecule has 168 valence electrons. The largest absolute Gasteiger partial charge is 0.497 e. The molecule has 0 amide bonds. The van der Waals surface area contributed by atoms with Gasteiger partial charge in [0.25, 0.3) is 0 Å². The monoisotopic (exact) mass is 430 g/mol. The summed E-state index contributed by atoms with van der Waals surface area (Å²) >= 11 is 0. The molecular formula is C30H35FO. The zero-order chi connectivity index (χ0) is 22.3. The quantitative estimate of drug-likeness (QED) is 0.346. The van der Waals surface area contributed by atoms with Gasteiger partial charge in [0.1, 0.15) is 11.6 Å². The van der Waals surface area contributed by atoms with E-state index in [0.29, 0.717) is 17.2 Å². The predicted octanol–water partition coefficient (Wildman–Crippen LogP) is 7.89. The van der Waals surface area contributed by atoms with Crippen molar-refractivity contribution in [2.24, 2.45) is 17.8 Å². The summed E-state index contributed by atoms with van der Waals surface area (Å²) in [6, 6.07) is 13.4. The normalized spacial score (nSPS) is 25.1. The molecule has 4 unspecified atom stereocenters. The molecule has 2 heteroatoms. The standard InChI is InChI=1S/C30H35FO/c1-3-4-5-6-23-10-14-28-20-27(16-15-26(28)19-23)24-11-7-22(8-12-24)9-13-25-17-18-29(32-2)21-30(25)31/h3-4,7-8,11-12,17-18,21,23,26-28H,5-6,10,14-16,19-20H2,1-2H3/b4-3+. The van der Waals surface area contributed by atoms with E-state index in [2.05, 4.69) is 55.2 Å². The maximum Gasteiger partial charge on any atom is 0.142 e. The minimum atomic E-state index is -0.346. The summed E-state index contributed by atoms with van der Waals surface area (Å²) in [7, 11) is 1.53. The highest BCUT2D eigenvalue weighted by Crippen LogP contribution is 2.48. The van der Waals surface area contributed by atoms with E-state index in [4.69, 9.17) is 4.74 Å². The van der Waals surface area contributed by atoms with Crippen LogP contribution < -0.4 is 4.74 Å². The topological polar surface area (TPSA) is 9.23 Å². The lowest BCUT2D eigenvalue weighted by molar-refractivity contribution is 0.115. The van der Waals surface area contributed by atoms with Gasteiger partial charge in [-0.1, -0.05) is 42.5 Å². The van der Waals surface area contributed by atoms with Crippen molar-refractivity contribution in [3.63, 3.8) is 0 Å². The minimum absolute atomic E-state index is 0.346. The maximum absolute atomic E-state index is 14.1. The molecule has 0 radical (unpaired) electrons. The van der Waals surface area contributed by atoms with E-state index in [-0.39, 0.29) is 5.82 Å². The Morgan fingerprint density at radius 3 is 2.50 bits per heavy atom. The highest BCUT2D eigenvalue weighted by Gasteiger charge is 2.35. The third-order valence-electron chi connectivity index (χ3n) is 7.60. The van der Waals surface area contributed by atoms with Gasteiger partial charge in [0.15, 0.2) is 0 Å². The number of ether oxygens (including phenoxy) is 1. The minimum Gasteiger partial charge on any atom is -0.497 e. The Kier molecular flexibility index (Phi) is 7.69. The van der Waals surface area contributed by atoms with E-state index in [1.807, 2.05) is 0 Å². The molecule has 0 aromatic heterocycles. The summed E-state index contributed by atoms with van der Waals surface area (Å²) in [4.78, 5) is 0. The molecule has 32 heavy (non-hydrogen) atoms. The second-order valence-corrected chi connectivity index (χ2v) is 9.57. The third-order valence-corrected chi connectivity index (χ3v) is 7.60. The van der Waals surface area contributed by atoms with Crippen LogP contribution in [0.5, 0.6) is 5.75 Å². The molecule has 0 saturated heterocycles. The fourth-order valence-electron chi connectivity index (χ4n) is 5.75. The maximum atomic E-state index is 14.1. The van der Waals surface area contributed by atoms with E-state index in [9.17, 15) is 4.39 Å². The lowest BCUT2D eigenvalue weighted by atomic mass is 9.63. The molecular weight excluding hydrogens is 395 g/mol. The lowest BCUT2D eigenvalue weighted by Gasteiger charge is -2.42. The molecule has 4 atom stereocenters. The fourth-order valence-corrected chi connectivity index (χ4v) is 5.75. The van der Waals surface area contributed by atoms with Gasteiger partial charge in [0.05, 0.1) is 12.7 Å². The Hall–Kier alpha value is -2.53. The number of hydrogen-bond donors (Lipinski definition) is 0. The van der Waals surface area contributed by atoms with Crippen molar-refractivity contribution in [3.05, 3.63) is 77.1 Å². The van der Waals surface area contributed by atoms with Crippen LogP contribution in [-0.4, -0.2) is 7.11 Å². The lowest BCUT2D eigenvalue weighted by Crippen LogP contribution is -2.30.